The van der Waals surface area contributed by atoms with Gasteiger partial charge in [0.25, 0.3) is 0 Å². The van der Waals surface area contributed by atoms with Gasteiger partial charge < -0.3 is 0 Å². The Bertz CT molecular complexity index is 14.0. The molecule has 0 saturated carbocycles. The van der Waals surface area contributed by atoms with Gasteiger partial charge in [-0.05, 0) is 6.92 Å². The van der Waals surface area contributed by atoms with Crippen LogP contribution >= 0.6 is 0 Å². The second-order valence-electron chi connectivity index (χ2n) is 1.12. The highest BCUT2D eigenvalue weighted by molar-refractivity contribution is 4.51. The second kappa shape index (κ2) is 337. The van der Waals surface area contributed by atoms with Crippen molar-refractivity contribution in [2.45, 2.75) is 68.7 Å². The van der Waals surface area contributed by atoms with E-state index in [4.69, 9.17) is 0 Å². The molecule has 0 atom stereocenters. The predicted octanol–water partition coefficient (Wildman–Crippen LogP) is 5.69. The largest absolute Gasteiger partial charge is 0.103 e. The normalized spacial score (nSPS) is 4.08. The molecule has 0 aliphatic rings. The number of hydrogen-bond donors (Lipinski definition) is 0. The minimum absolute atomic E-state index is 1.25. The monoisotopic (exact) mass is 176 g/mol. The molecule has 0 rings (SSSR count). The summed E-state index contributed by atoms with van der Waals surface area (Å²) in [6.07, 6.45) is 3.00. The Hall–Kier alpha value is -0.260. The van der Waals surface area contributed by atoms with Gasteiger partial charge in [0.2, 0.25) is 0 Å². The van der Waals surface area contributed by atoms with Crippen LogP contribution in [0.2, 0.25) is 0 Å². The minimum Gasteiger partial charge on any atom is -0.103 e. The molecule has 0 aliphatic carbocycles. The maximum atomic E-state index is 3.36. The van der Waals surface area contributed by atoms with Crippen molar-refractivity contribution in [3.63, 3.8) is 0 Å². The van der Waals surface area contributed by atoms with E-state index in [-0.39, 0.29) is 0 Å². The molecule has 80 valence electrons. The fraction of sp³-hybridized carbons (Fsp3) is 0.833. The summed E-state index contributed by atoms with van der Waals surface area (Å²) in [4.78, 5) is 0. The Labute approximate surface area is 82.1 Å². The lowest BCUT2D eigenvalue weighted by Crippen LogP contribution is -1.27. The van der Waals surface area contributed by atoms with Crippen LogP contribution in [0.25, 0.3) is 0 Å². The quantitative estimate of drug-likeness (QED) is 0.416. The first-order valence-corrected chi connectivity index (χ1v) is 5.40. The highest BCUT2D eigenvalue weighted by atomic mass is 13.4. The molecule has 0 spiro atoms. The molecule has 0 N–H and O–H groups in total. The Morgan fingerprint density at radius 3 is 0.833 bits per heavy atom. The third-order valence-electron chi connectivity index (χ3n) is 0. The fourth-order valence-electron chi connectivity index (χ4n) is 0. The summed E-state index contributed by atoms with van der Waals surface area (Å²) in [7, 11) is 0. The molecule has 0 aliphatic heterocycles. The summed E-state index contributed by atoms with van der Waals surface area (Å²) in [6.45, 7) is 21.5. The van der Waals surface area contributed by atoms with Crippen molar-refractivity contribution < 1.29 is 0 Å². The molecule has 0 heteroatoms. The highest BCUT2D eigenvalue weighted by Crippen LogP contribution is 1.56. The lowest BCUT2D eigenvalue weighted by Gasteiger charge is -1.48. The van der Waals surface area contributed by atoms with E-state index in [0.717, 1.165) is 0 Å². The van der Waals surface area contributed by atoms with Crippen molar-refractivity contribution >= 4 is 0 Å². The van der Waals surface area contributed by atoms with Gasteiger partial charge in [0.15, 0.2) is 0 Å². The third-order valence-corrected chi connectivity index (χ3v) is 0. The SMILES string of the molecule is C=CC.CC.CC.CC.CCC. The Balaban J connectivity index is -0.0000000174. The summed E-state index contributed by atoms with van der Waals surface area (Å²) in [5.74, 6) is 0. The first kappa shape index (κ1) is 29.8. The van der Waals surface area contributed by atoms with Gasteiger partial charge in [0, 0.05) is 0 Å². The van der Waals surface area contributed by atoms with Crippen LogP contribution in [-0.2, 0) is 0 Å². The molecule has 0 fully saturated rings. The zero-order valence-corrected chi connectivity index (χ0v) is 11.0. The van der Waals surface area contributed by atoms with Crippen LogP contribution in [0.1, 0.15) is 68.7 Å². The van der Waals surface area contributed by atoms with Crippen molar-refractivity contribution in [1.82, 2.24) is 0 Å². The lowest BCUT2D eigenvalue weighted by molar-refractivity contribution is 1.09. The van der Waals surface area contributed by atoms with Gasteiger partial charge >= 0.3 is 0 Å². The van der Waals surface area contributed by atoms with Crippen LogP contribution < -0.4 is 0 Å². The van der Waals surface area contributed by atoms with Gasteiger partial charge in [-0.15, -0.1) is 6.58 Å². The third kappa shape index (κ3) is 11000. The van der Waals surface area contributed by atoms with Gasteiger partial charge in [0.05, 0.1) is 0 Å². The van der Waals surface area contributed by atoms with E-state index in [1.807, 2.05) is 48.5 Å². The minimum atomic E-state index is 1.25. The van der Waals surface area contributed by atoms with E-state index in [1.54, 1.807) is 6.08 Å². The van der Waals surface area contributed by atoms with Crippen molar-refractivity contribution in [3.05, 3.63) is 12.7 Å². The predicted molar refractivity (Wildman–Crippen MR) is 65.9 cm³/mol. The molecular formula is C12H32. The van der Waals surface area contributed by atoms with Crippen LogP contribution in [0.4, 0.5) is 0 Å². The number of rotatable bonds is 0. The van der Waals surface area contributed by atoms with E-state index in [1.165, 1.54) is 6.42 Å². The number of allylic oxidation sites excluding steroid dienone is 1. The van der Waals surface area contributed by atoms with E-state index in [2.05, 4.69) is 20.4 Å². The lowest BCUT2D eigenvalue weighted by atomic mass is 10.6. The van der Waals surface area contributed by atoms with Crippen molar-refractivity contribution in [3.8, 4) is 0 Å². The maximum absolute atomic E-state index is 3.36. The topological polar surface area (TPSA) is 0 Å². The van der Waals surface area contributed by atoms with Gasteiger partial charge in [-0.2, -0.15) is 0 Å². The second-order valence-corrected chi connectivity index (χ2v) is 1.12. The molecule has 0 bridgehead atoms. The molecule has 0 aromatic rings. The van der Waals surface area contributed by atoms with Crippen molar-refractivity contribution in [2.24, 2.45) is 0 Å². The van der Waals surface area contributed by atoms with E-state index in [9.17, 15) is 0 Å². The van der Waals surface area contributed by atoms with Gasteiger partial charge in [-0.1, -0.05) is 67.9 Å². The van der Waals surface area contributed by atoms with Gasteiger partial charge in [-0.25, -0.2) is 0 Å². The first-order valence-electron chi connectivity index (χ1n) is 5.40. The molecule has 0 aromatic heterocycles. The summed E-state index contributed by atoms with van der Waals surface area (Å²) in [5, 5.41) is 0. The summed E-state index contributed by atoms with van der Waals surface area (Å²) in [5.41, 5.74) is 0. The molecule has 0 unspecified atom stereocenters. The zero-order chi connectivity index (χ0) is 11.4. The van der Waals surface area contributed by atoms with Gasteiger partial charge in [0.1, 0.15) is 0 Å². The standard InChI is InChI=1S/C3H8.C3H6.3C2H6/c2*1-3-2;3*1-2/h3H2,1-2H3;3H,1H2,2H3;3*1-2H3. The molecule has 0 aromatic carbocycles. The average Bonchev–Trinajstić information content (AvgIpc) is 2.16. The Kier molecular flexibility index (Phi) is 836. The zero-order valence-electron chi connectivity index (χ0n) is 11.0. The van der Waals surface area contributed by atoms with Crippen LogP contribution in [0.5, 0.6) is 0 Å². The molecule has 0 saturated heterocycles. The van der Waals surface area contributed by atoms with Crippen molar-refractivity contribution in [1.29, 1.82) is 0 Å². The summed E-state index contributed by atoms with van der Waals surface area (Å²) < 4.78 is 0. The molecule has 12 heavy (non-hydrogen) atoms. The van der Waals surface area contributed by atoms with E-state index in [0.29, 0.717) is 0 Å². The van der Waals surface area contributed by atoms with Crippen LogP contribution in [-0.4, -0.2) is 0 Å². The van der Waals surface area contributed by atoms with Crippen LogP contribution in [0.3, 0.4) is 0 Å². The number of hydrogen-bond acceptors (Lipinski definition) is 0. The Morgan fingerprint density at radius 1 is 0.833 bits per heavy atom. The molecule has 0 radical (unpaired) electrons. The van der Waals surface area contributed by atoms with Gasteiger partial charge in [-0.3, -0.25) is 0 Å². The first-order chi connectivity index (χ1) is 5.83. The molecule has 0 heterocycles. The smallest absolute Gasteiger partial charge is 0.0473 e. The van der Waals surface area contributed by atoms with Crippen molar-refractivity contribution in [2.75, 3.05) is 0 Å². The summed E-state index contributed by atoms with van der Waals surface area (Å²) >= 11 is 0. The molecular weight excluding hydrogens is 144 g/mol. The van der Waals surface area contributed by atoms with Crippen LogP contribution in [0.15, 0.2) is 12.7 Å². The maximum Gasteiger partial charge on any atom is -0.0473 e. The molecule has 0 amide bonds. The average molecular weight is 176 g/mol. The highest BCUT2D eigenvalue weighted by Gasteiger charge is 1.35. The summed E-state index contributed by atoms with van der Waals surface area (Å²) in [6, 6.07) is 0. The fourth-order valence-corrected chi connectivity index (χ4v) is 0. The van der Waals surface area contributed by atoms with E-state index < -0.39 is 0 Å². The molecule has 0 nitrogen and oxygen atoms in total. The Morgan fingerprint density at radius 2 is 0.833 bits per heavy atom. The van der Waals surface area contributed by atoms with Crippen LogP contribution in [0, 0.1) is 0 Å². The van der Waals surface area contributed by atoms with E-state index >= 15 is 0 Å².